The van der Waals surface area contributed by atoms with Crippen LogP contribution in [0.2, 0.25) is 10.0 Å². The van der Waals surface area contributed by atoms with Gasteiger partial charge in [-0.05, 0) is 30.7 Å². The summed E-state index contributed by atoms with van der Waals surface area (Å²) in [5, 5.41) is 3.71. The van der Waals surface area contributed by atoms with Crippen LogP contribution in [0.5, 0.6) is 0 Å². The third kappa shape index (κ3) is 5.12. The van der Waals surface area contributed by atoms with Crippen molar-refractivity contribution in [3.63, 3.8) is 0 Å². The van der Waals surface area contributed by atoms with Crippen LogP contribution in [0.15, 0.2) is 71.7 Å². The van der Waals surface area contributed by atoms with Gasteiger partial charge in [-0.3, -0.25) is 0 Å². The van der Waals surface area contributed by atoms with E-state index in [1.54, 1.807) is 31.5 Å². The van der Waals surface area contributed by atoms with Crippen molar-refractivity contribution in [3.05, 3.63) is 87.3 Å². The smallest absolute Gasteiger partial charge is 0.437 e. The molecule has 0 radical (unpaired) electrons. The van der Waals surface area contributed by atoms with Crippen LogP contribution in [-0.4, -0.2) is 36.1 Å². The molecule has 0 amide bonds. The zero-order valence-electron chi connectivity index (χ0n) is 19.7. The fourth-order valence-electron chi connectivity index (χ4n) is 4.01. The molecule has 1 aliphatic rings. The third-order valence-electron chi connectivity index (χ3n) is 5.67. The lowest BCUT2D eigenvalue weighted by molar-refractivity contribution is 0.0782. The van der Waals surface area contributed by atoms with E-state index in [9.17, 15) is 9.59 Å². The van der Waals surface area contributed by atoms with E-state index >= 15 is 0 Å². The maximum absolute atomic E-state index is 12.3. The summed E-state index contributed by atoms with van der Waals surface area (Å²) in [5.74, 6) is -0.605. The molecule has 188 valence electrons. The molecule has 0 aliphatic carbocycles. The molecule has 9 nitrogen and oxygen atoms in total. The molecule has 11 heteroatoms. The summed E-state index contributed by atoms with van der Waals surface area (Å²) in [4.78, 5) is 28.8. The maximum Gasteiger partial charge on any atom is 0.513 e. The monoisotopic (exact) mass is 531 g/mol. The Bertz CT molecular complexity index is 1380. The van der Waals surface area contributed by atoms with Gasteiger partial charge in [0.05, 0.1) is 53.0 Å². The molecule has 1 aromatic heterocycles. The number of halogens is 2. The van der Waals surface area contributed by atoms with E-state index in [0.29, 0.717) is 29.9 Å². The van der Waals surface area contributed by atoms with Gasteiger partial charge in [0, 0.05) is 13.0 Å². The number of hydrogen-bond donors (Lipinski definition) is 1. The fraction of sp³-hybridized carbons (Fsp3) is 0.240. The van der Waals surface area contributed by atoms with Crippen LogP contribution in [0.25, 0.3) is 11.0 Å². The minimum atomic E-state index is -0.947. The van der Waals surface area contributed by atoms with Gasteiger partial charge >= 0.3 is 12.3 Å². The molecule has 0 saturated carbocycles. The molecule has 1 N–H and O–H groups in total. The van der Waals surface area contributed by atoms with Crippen LogP contribution in [0.3, 0.4) is 0 Å². The number of imidazole rings is 1. The van der Waals surface area contributed by atoms with Gasteiger partial charge in [0.15, 0.2) is 0 Å². The number of para-hydroxylation sites is 2. The molecule has 36 heavy (non-hydrogen) atoms. The summed E-state index contributed by atoms with van der Waals surface area (Å²) < 4.78 is 22.6. The van der Waals surface area contributed by atoms with E-state index in [2.05, 4.69) is 10.3 Å². The van der Waals surface area contributed by atoms with Gasteiger partial charge in [-0.1, -0.05) is 47.5 Å². The highest BCUT2D eigenvalue weighted by Crippen LogP contribution is 2.44. The van der Waals surface area contributed by atoms with Crippen LogP contribution >= 0.6 is 23.2 Å². The van der Waals surface area contributed by atoms with Crippen LogP contribution < -0.4 is 5.32 Å². The summed E-state index contributed by atoms with van der Waals surface area (Å²) in [6.07, 6.45) is 0.261. The van der Waals surface area contributed by atoms with E-state index in [4.69, 9.17) is 42.1 Å². The lowest BCUT2D eigenvalue weighted by Gasteiger charge is -2.31. The van der Waals surface area contributed by atoms with E-state index in [1.807, 2.05) is 28.8 Å². The molecule has 2 heterocycles. The van der Waals surface area contributed by atoms with Crippen molar-refractivity contribution in [2.75, 3.05) is 14.2 Å². The number of methoxy groups -OCH3 is 2. The number of benzene rings is 2. The molecule has 1 unspecified atom stereocenters. The number of hydrogen-bond acceptors (Lipinski definition) is 8. The average molecular weight is 532 g/mol. The predicted molar refractivity (Wildman–Crippen MR) is 133 cm³/mol. The Labute approximate surface area is 217 Å². The molecular weight excluding hydrogens is 509 g/mol. The number of allylic oxidation sites excluding steroid dienone is 2. The number of nitrogens with one attached hydrogen (secondary N) is 1. The molecule has 0 spiro atoms. The van der Waals surface area contributed by atoms with Gasteiger partial charge in [-0.25, -0.2) is 14.6 Å². The molecule has 0 saturated heterocycles. The number of carbonyl (C=O) groups excluding carboxylic acids is 2. The predicted octanol–water partition coefficient (Wildman–Crippen LogP) is 6.13. The largest absolute Gasteiger partial charge is 0.513 e. The molecule has 2 aromatic carbocycles. The quantitative estimate of drug-likeness (QED) is 0.379. The average Bonchev–Trinajstić information content (AvgIpc) is 3.29. The summed E-state index contributed by atoms with van der Waals surface area (Å²) in [5.41, 5.74) is 3.36. The third-order valence-corrected chi connectivity index (χ3v) is 6.51. The van der Waals surface area contributed by atoms with Gasteiger partial charge in [0.25, 0.3) is 0 Å². The molecule has 1 aliphatic heterocycles. The number of rotatable bonds is 6. The van der Waals surface area contributed by atoms with Crippen molar-refractivity contribution in [1.29, 1.82) is 0 Å². The Kier molecular flexibility index (Phi) is 7.71. The zero-order chi connectivity index (χ0) is 25.8. The first-order valence-corrected chi connectivity index (χ1v) is 11.7. The number of fused-ring (bicyclic) bond motifs is 1. The Morgan fingerprint density at radius 3 is 2.42 bits per heavy atom. The lowest BCUT2D eigenvalue weighted by atomic mass is 9.89. The van der Waals surface area contributed by atoms with Crippen molar-refractivity contribution in [3.8, 4) is 0 Å². The second kappa shape index (κ2) is 10.9. The van der Waals surface area contributed by atoms with Crippen molar-refractivity contribution in [2.24, 2.45) is 0 Å². The SMILES string of the molecule is COC(=O)OC1=C(C)NC(CCn2cnc3ccccc32)=C(OC(=O)OC)C1c1cccc(Cl)c1Cl. The van der Waals surface area contributed by atoms with Gasteiger partial charge < -0.3 is 28.8 Å². The Balaban J connectivity index is 1.81. The summed E-state index contributed by atoms with van der Waals surface area (Å²) in [6.45, 7) is 2.23. The normalized spacial score (nSPS) is 15.5. The standard InChI is InChI=1S/C25H23Cl2N3O6/c1-14-22(35-24(31)33-2)20(15-7-6-8-16(26)21(15)27)23(36-25(32)34-3)18(29-14)11-12-30-13-28-17-9-4-5-10-19(17)30/h4-10,13,20,29H,11-12H2,1-3H3. The van der Waals surface area contributed by atoms with Crippen LogP contribution in [-0.2, 0) is 25.5 Å². The number of dihydropyridines is 1. The summed E-state index contributed by atoms with van der Waals surface area (Å²) in [6, 6.07) is 12.8. The fourth-order valence-corrected chi connectivity index (χ4v) is 4.43. The van der Waals surface area contributed by atoms with Crippen LogP contribution in [0, 0.1) is 0 Å². The molecular formula is C25H23Cl2N3O6. The van der Waals surface area contributed by atoms with Crippen molar-refractivity contribution in [2.45, 2.75) is 25.8 Å². The van der Waals surface area contributed by atoms with Gasteiger partial charge in [0.1, 0.15) is 17.4 Å². The summed E-state index contributed by atoms with van der Waals surface area (Å²) in [7, 11) is 2.39. The number of carbonyl (C=O) groups is 2. The highest BCUT2D eigenvalue weighted by molar-refractivity contribution is 6.42. The van der Waals surface area contributed by atoms with Crippen molar-refractivity contribution in [1.82, 2.24) is 14.9 Å². The Morgan fingerprint density at radius 2 is 1.69 bits per heavy atom. The first-order chi connectivity index (χ1) is 17.3. The topological polar surface area (TPSA) is 101 Å². The zero-order valence-corrected chi connectivity index (χ0v) is 21.2. The number of aromatic nitrogens is 2. The second-order valence-corrected chi connectivity index (χ2v) is 8.61. The minimum absolute atomic E-state index is 0.141. The molecule has 0 bridgehead atoms. The Hall–Kier alpha value is -3.69. The van der Waals surface area contributed by atoms with E-state index < -0.39 is 18.2 Å². The number of ether oxygens (including phenoxy) is 4. The van der Waals surface area contributed by atoms with Crippen molar-refractivity contribution < 1.29 is 28.5 Å². The number of nitrogens with zero attached hydrogens (tertiary/aromatic N) is 2. The first-order valence-electron chi connectivity index (χ1n) is 10.9. The van der Waals surface area contributed by atoms with Crippen LogP contribution in [0.1, 0.15) is 24.8 Å². The minimum Gasteiger partial charge on any atom is -0.437 e. The van der Waals surface area contributed by atoms with E-state index in [-0.39, 0.29) is 21.6 Å². The number of aryl methyl sites for hydroxylation is 1. The van der Waals surface area contributed by atoms with Gasteiger partial charge in [0.2, 0.25) is 0 Å². The lowest BCUT2D eigenvalue weighted by Crippen LogP contribution is -2.30. The van der Waals surface area contributed by atoms with Gasteiger partial charge in [-0.15, -0.1) is 0 Å². The maximum atomic E-state index is 12.3. The molecule has 0 fully saturated rings. The molecule has 4 rings (SSSR count). The Morgan fingerprint density at radius 1 is 1.00 bits per heavy atom. The molecule has 1 atom stereocenters. The highest BCUT2D eigenvalue weighted by Gasteiger charge is 2.38. The first kappa shape index (κ1) is 25.4. The highest BCUT2D eigenvalue weighted by atomic mass is 35.5. The summed E-state index contributed by atoms with van der Waals surface area (Å²) >= 11 is 12.9. The van der Waals surface area contributed by atoms with Crippen molar-refractivity contribution >= 4 is 46.5 Å². The van der Waals surface area contributed by atoms with Crippen LogP contribution in [0.4, 0.5) is 9.59 Å². The van der Waals surface area contributed by atoms with E-state index in [1.165, 1.54) is 14.2 Å². The van der Waals surface area contributed by atoms with Gasteiger partial charge in [-0.2, -0.15) is 0 Å². The second-order valence-electron chi connectivity index (χ2n) is 7.82. The van der Waals surface area contributed by atoms with E-state index in [0.717, 1.165) is 11.0 Å². The molecule has 3 aromatic rings.